The minimum atomic E-state index is -0.404. The number of rotatable bonds is 5. The summed E-state index contributed by atoms with van der Waals surface area (Å²) < 4.78 is 11.7. The van der Waals surface area contributed by atoms with Gasteiger partial charge in [-0.2, -0.15) is 0 Å². The fraction of sp³-hybridized carbons (Fsp3) is 0.562. The molecule has 0 bridgehead atoms. The molecule has 0 saturated carbocycles. The van der Waals surface area contributed by atoms with Gasteiger partial charge in [0.25, 0.3) is 12.1 Å². The molecule has 3 aliphatic rings. The van der Waals surface area contributed by atoms with Crippen LogP contribution in [0.4, 0.5) is 11.4 Å². The van der Waals surface area contributed by atoms with Gasteiger partial charge in [-0.25, -0.2) is 4.31 Å². The minimum absolute atomic E-state index is 0.0503. The van der Waals surface area contributed by atoms with E-state index in [2.05, 4.69) is 14.3 Å². The highest BCUT2D eigenvalue weighted by Gasteiger charge is 2.45. The number of anilines is 2. The Hall–Kier alpha value is -1.60. The van der Waals surface area contributed by atoms with Gasteiger partial charge in [0.05, 0.1) is 11.4 Å². The quantitative estimate of drug-likeness (QED) is 0.636. The topological polar surface area (TPSA) is 56.6 Å². The van der Waals surface area contributed by atoms with Gasteiger partial charge in [0, 0.05) is 44.4 Å². The molecule has 1 aromatic carbocycles. The van der Waals surface area contributed by atoms with E-state index in [0.717, 1.165) is 49.6 Å². The Kier molecular flexibility index (Phi) is 3.98. The van der Waals surface area contributed by atoms with Crippen LogP contribution in [0.5, 0.6) is 5.75 Å². The summed E-state index contributed by atoms with van der Waals surface area (Å²) in [5.41, 5.74) is 3.40. The number of nitrogens with zero attached hydrogens (tertiary/aromatic N) is 2. The number of carbonyl (C=O) groups is 1. The first-order chi connectivity index (χ1) is 11.2. The maximum Gasteiger partial charge on any atom is 0.288 e. The van der Waals surface area contributed by atoms with Gasteiger partial charge in [-0.3, -0.25) is 9.69 Å². The summed E-state index contributed by atoms with van der Waals surface area (Å²) in [4.78, 5) is 13.1. The van der Waals surface area contributed by atoms with Crippen molar-refractivity contribution in [2.45, 2.75) is 31.9 Å². The molecule has 7 heteroatoms. The SMILES string of the molecule is CN1C(=O)[C@H]1Oc1ccc(NSN2CCCC2)c2c1CCCN2. The maximum atomic E-state index is 11.5. The van der Waals surface area contributed by atoms with Crippen LogP contribution < -0.4 is 14.8 Å². The number of fused-ring (bicyclic) bond motifs is 1. The van der Waals surface area contributed by atoms with Gasteiger partial charge in [0.2, 0.25) is 0 Å². The summed E-state index contributed by atoms with van der Waals surface area (Å²) in [6, 6.07) is 4.03. The third-order valence-electron chi connectivity index (χ3n) is 4.61. The summed E-state index contributed by atoms with van der Waals surface area (Å²) in [6.45, 7) is 3.26. The Bertz CT molecular complexity index is 618. The zero-order chi connectivity index (χ0) is 15.8. The molecule has 4 rings (SSSR count). The van der Waals surface area contributed by atoms with Crippen LogP contribution in [0.2, 0.25) is 0 Å². The first-order valence-corrected chi connectivity index (χ1v) is 9.02. The van der Waals surface area contributed by atoms with E-state index >= 15 is 0 Å². The van der Waals surface area contributed by atoms with Crippen molar-refractivity contribution < 1.29 is 9.53 Å². The van der Waals surface area contributed by atoms with E-state index in [1.807, 2.05) is 12.1 Å². The molecule has 3 heterocycles. The maximum absolute atomic E-state index is 11.5. The highest BCUT2D eigenvalue weighted by molar-refractivity contribution is 7.98. The zero-order valence-corrected chi connectivity index (χ0v) is 14.1. The first kappa shape index (κ1) is 15.0. The molecule has 0 aromatic heterocycles. The van der Waals surface area contributed by atoms with Crippen molar-refractivity contribution >= 4 is 29.4 Å². The molecule has 124 valence electrons. The third-order valence-corrected chi connectivity index (χ3v) is 5.54. The van der Waals surface area contributed by atoms with E-state index < -0.39 is 6.23 Å². The van der Waals surface area contributed by atoms with Crippen LogP contribution in [0.15, 0.2) is 12.1 Å². The molecular weight excluding hydrogens is 312 g/mol. The minimum Gasteiger partial charge on any atom is -0.461 e. The fourth-order valence-electron chi connectivity index (χ4n) is 3.14. The Morgan fingerprint density at radius 3 is 2.83 bits per heavy atom. The smallest absolute Gasteiger partial charge is 0.288 e. The molecule has 3 aliphatic heterocycles. The molecular formula is C16H22N4O2S. The lowest BCUT2D eigenvalue weighted by Crippen LogP contribution is -2.17. The van der Waals surface area contributed by atoms with Gasteiger partial charge in [0.1, 0.15) is 5.75 Å². The number of ether oxygens (including phenoxy) is 1. The van der Waals surface area contributed by atoms with Crippen LogP contribution in [0, 0.1) is 0 Å². The lowest BCUT2D eigenvalue weighted by Gasteiger charge is -2.25. The van der Waals surface area contributed by atoms with E-state index in [1.165, 1.54) is 18.4 Å². The van der Waals surface area contributed by atoms with Crippen molar-refractivity contribution in [3.05, 3.63) is 17.7 Å². The van der Waals surface area contributed by atoms with Gasteiger partial charge in [0.15, 0.2) is 0 Å². The third kappa shape index (κ3) is 2.95. The van der Waals surface area contributed by atoms with Crippen molar-refractivity contribution in [3.8, 4) is 5.75 Å². The Balaban J connectivity index is 1.52. The molecule has 2 fully saturated rings. The second-order valence-corrected chi connectivity index (χ2v) is 7.15. The summed E-state index contributed by atoms with van der Waals surface area (Å²) in [5, 5.41) is 3.49. The van der Waals surface area contributed by atoms with Crippen LogP contribution in [-0.4, -0.2) is 48.0 Å². The van der Waals surface area contributed by atoms with Crippen molar-refractivity contribution in [3.63, 3.8) is 0 Å². The second-order valence-electron chi connectivity index (χ2n) is 6.24. The second kappa shape index (κ2) is 6.13. The van der Waals surface area contributed by atoms with Crippen molar-refractivity contribution in [1.29, 1.82) is 0 Å². The predicted molar refractivity (Wildman–Crippen MR) is 92.5 cm³/mol. The monoisotopic (exact) mass is 334 g/mol. The zero-order valence-electron chi connectivity index (χ0n) is 13.3. The molecule has 1 aromatic rings. The number of benzene rings is 1. The van der Waals surface area contributed by atoms with Crippen LogP contribution >= 0.6 is 12.1 Å². The molecule has 0 spiro atoms. The average molecular weight is 334 g/mol. The molecule has 6 nitrogen and oxygen atoms in total. The summed E-state index contributed by atoms with van der Waals surface area (Å²) in [6.07, 6.45) is 4.22. The van der Waals surface area contributed by atoms with E-state index in [0.29, 0.717) is 0 Å². The highest BCUT2D eigenvalue weighted by Crippen LogP contribution is 2.40. The number of hydrogen-bond donors (Lipinski definition) is 2. The number of likely N-dealkylation sites (N-methyl/N-ethyl adjacent to an activating group) is 1. The van der Waals surface area contributed by atoms with Crippen molar-refractivity contribution in [2.24, 2.45) is 0 Å². The standard InChI is InChI=1S/C16H22N4O2S/c1-19-15(21)16(19)22-13-7-6-12(14-11(13)5-4-8-17-14)18-23-20-9-2-3-10-20/h6-7,16-18H,2-5,8-10H2,1H3/t16-,19?/m1/s1. The lowest BCUT2D eigenvalue weighted by atomic mass is 10.0. The molecule has 1 amide bonds. The number of nitrogens with one attached hydrogen (secondary N) is 2. The molecule has 2 N–H and O–H groups in total. The van der Waals surface area contributed by atoms with Gasteiger partial charge >= 0.3 is 0 Å². The summed E-state index contributed by atoms with van der Waals surface area (Å²) in [7, 11) is 1.76. The van der Waals surface area contributed by atoms with E-state index in [9.17, 15) is 4.79 Å². The molecule has 23 heavy (non-hydrogen) atoms. The molecule has 0 unspecified atom stereocenters. The van der Waals surface area contributed by atoms with Crippen LogP contribution in [-0.2, 0) is 11.2 Å². The van der Waals surface area contributed by atoms with E-state index in [1.54, 1.807) is 24.1 Å². The molecule has 0 radical (unpaired) electrons. The largest absolute Gasteiger partial charge is 0.461 e. The highest BCUT2D eigenvalue weighted by atomic mass is 32.2. The van der Waals surface area contributed by atoms with Crippen molar-refractivity contribution in [2.75, 3.05) is 36.7 Å². The molecule has 2 saturated heterocycles. The summed E-state index contributed by atoms with van der Waals surface area (Å²) in [5.74, 6) is 0.876. The number of hydrogen-bond acceptors (Lipinski definition) is 6. The van der Waals surface area contributed by atoms with E-state index in [-0.39, 0.29) is 5.91 Å². The number of amides is 1. The van der Waals surface area contributed by atoms with Gasteiger partial charge in [-0.15, -0.1) is 0 Å². The van der Waals surface area contributed by atoms with Crippen molar-refractivity contribution in [1.82, 2.24) is 9.21 Å². The predicted octanol–water partition coefficient (Wildman–Crippen LogP) is 2.29. The van der Waals surface area contributed by atoms with Crippen LogP contribution in [0.1, 0.15) is 24.8 Å². The fourth-order valence-corrected chi connectivity index (χ4v) is 3.98. The average Bonchev–Trinajstić information content (AvgIpc) is 2.98. The van der Waals surface area contributed by atoms with Gasteiger partial charge in [-0.05, 0) is 37.8 Å². The Morgan fingerprint density at radius 1 is 1.30 bits per heavy atom. The van der Waals surface area contributed by atoms with E-state index in [4.69, 9.17) is 4.74 Å². The van der Waals surface area contributed by atoms with Gasteiger partial charge < -0.3 is 14.8 Å². The first-order valence-electron chi connectivity index (χ1n) is 8.25. The molecule has 0 aliphatic carbocycles. The Morgan fingerprint density at radius 2 is 2.09 bits per heavy atom. The number of carbonyl (C=O) groups excluding carboxylic acids is 1. The normalized spacial score (nSPS) is 23.4. The summed E-state index contributed by atoms with van der Waals surface area (Å²) >= 11 is 1.68. The Labute approximate surface area is 140 Å². The molecule has 1 atom stereocenters. The van der Waals surface area contributed by atoms with Crippen LogP contribution in [0.25, 0.3) is 0 Å². The van der Waals surface area contributed by atoms with Gasteiger partial charge in [-0.1, -0.05) is 0 Å². The van der Waals surface area contributed by atoms with Crippen LogP contribution in [0.3, 0.4) is 0 Å². The lowest BCUT2D eigenvalue weighted by molar-refractivity contribution is -0.114.